The molecule has 1 aliphatic heterocycles. The van der Waals surface area contributed by atoms with E-state index in [2.05, 4.69) is 5.32 Å². The molecule has 1 saturated carbocycles. The summed E-state index contributed by atoms with van der Waals surface area (Å²) >= 11 is 0. The number of carbonyl (C=O) groups is 1. The number of carbonyl (C=O) groups excluding carboxylic acids is 1. The lowest BCUT2D eigenvalue weighted by atomic mass is 9.78. The lowest BCUT2D eigenvalue weighted by molar-refractivity contribution is -0.293. The molecule has 0 unspecified atom stereocenters. The van der Waals surface area contributed by atoms with E-state index in [0.717, 1.165) is 36.8 Å². The highest BCUT2D eigenvalue weighted by molar-refractivity contribution is 5.73. The van der Waals surface area contributed by atoms with Crippen LogP contribution in [0.1, 0.15) is 45.1 Å². The highest BCUT2D eigenvalue weighted by Gasteiger charge is 2.53. The molecule has 0 radical (unpaired) electrons. The predicted octanol–water partition coefficient (Wildman–Crippen LogP) is 3.58. The standard InChI is InChI=1S/C26H32FNO5/c1-16-23(30)24(31)25(33-26(16)11-3-4-12-26)32-21-9-8-18(10-13-28-17(2)29)22(15-21)19-6-5-7-20(27)14-19/h5-9,14-16,23-25,30-31H,3-4,10-13H2,1-2H3,(H,28,29)/t16-,23-,24-,25-/m1/s1. The predicted molar refractivity (Wildman–Crippen MR) is 122 cm³/mol. The van der Waals surface area contributed by atoms with Crippen molar-refractivity contribution in [3.8, 4) is 16.9 Å². The van der Waals surface area contributed by atoms with E-state index < -0.39 is 24.1 Å². The van der Waals surface area contributed by atoms with Crippen LogP contribution in [-0.4, -0.2) is 46.8 Å². The minimum absolute atomic E-state index is 0.112. The third-order valence-corrected chi connectivity index (χ3v) is 7.01. The summed E-state index contributed by atoms with van der Waals surface area (Å²) in [5, 5.41) is 24.1. The molecule has 178 valence electrons. The minimum Gasteiger partial charge on any atom is -0.462 e. The Morgan fingerprint density at radius 1 is 1.18 bits per heavy atom. The molecule has 1 spiro atoms. The monoisotopic (exact) mass is 457 g/mol. The minimum atomic E-state index is -1.18. The second kappa shape index (κ2) is 9.79. The maximum absolute atomic E-state index is 13.9. The third kappa shape index (κ3) is 5.05. The van der Waals surface area contributed by atoms with E-state index in [1.165, 1.54) is 19.1 Å². The van der Waals surface area contributed by atoms with Gasteiger partial charge in [-0.25, -0.2) is 4.39 Å². The van der Waals surface area contributed by atoms with Crippen LogP contribution in [0.3, 0.4) is 0 Å². The number of hydrogen-bond acceptors (Lipinski definition) is 5. The van der Waals surface area contributed by atoms with Gasteiger partial charge < -0.3 is 25.0 Å². The lowest BCUT2D eigenvalue weighted by Crippen LogP contribution is -2.60. The molecule has 3 N–H and O–H groups in total. The van der Waals surface area contributed by atoms with Crippen molar-refractivity contribution in [2.24, 2.45) is 5.92 Å². The van der Waals surface area contributed by atoms with Crippen LogP contribution < -0.4 is 10.1 Å². The number of nitrogens with one attached hydrogen (secondary N) is 1. The highest BCUT2D eigenvalue weighted by Crippen LogP contribution is 2.46. The van der Waals surface area contributed by atoms with Crippen LogP contribution in [0.4, 0.5) is 4.39 Å². The fourth-order valence-corrected chi connectivity index (χ4v) is 5.10. The van der Waals surface area contributed by atoms with Crippen LogP contribution in [0.15, 0.2) is 42.5 Å². The molecule has 1 saturated heterocycles. The SMILES string of the molecule is CC(=O)NCCc1ccc(O[C@@H]2OC3(CCCC3)[C@H](C)[C@@H](O)[C@H]2O)cc1-c1cccc(F)c1. The molecule has 4 rings (SSSR count). The van der Waals surface area contributed by atoms with Crippen LogP contribution in [0.2, 0.25) is 0 Å². The number of aliphatic hydroxyl groups is 2. The number of halogens is 1. The zero-order chi connectivity index (χ0) is 23.6. The summed E-state index contributed by atoms with van der Waals surface area (Å²) in [6, 6.07) is 11.7. The first kappa shape index (κ1) is 23.7. The maximum atomic E-state index is 13.9. The first-order valence-corrected chi connectivity index (χ1v) is 11.6. The molecule has 6 nitrogen and oxygen atoms in total. The quantitative estimate of drug-likeness (QED) is 0.617. The van der Waals surface area contributed by atoms with Gasteiger partial charge in [0.2, 0.25) is 12.2 Å². The van der Waals surface area contributed by atoms with Crippen molar-refractivity contribution in [2.75, 3.05) is 6.54 Å². The zero-order valence-electron chi connectivity index (χ0n) is 19.1. The summed E-state index contributed by atoms with van der Waals surface area (Å²) in [5.41, 5.74) is 1.89. The second-order valence-corrected chi connectivity index (χ2v) is 9.21. The number of aliphatic hydroxyl groups excluding tert-OH is 2. The number of hydrogen-bond donors (Lipinski definition) is 3. The van der Waals surface area contributed by atoms with Gasteiger partial charge in [-0.15, -0.1) is 0 Å². The van der Waals surface area contributed by atoms with Crippen molar-refractivity contribution in [1.82, 2.24) is 5.32 Å². The van der Waals surface area contributed by atoms with Crippen molar-refractivity contribution in [3.05, 3.63) is 53.8 Å². The van der Waals surface area contributed by atoms with Gasteiger partial charge in [0, 0.05) is 19.4 Å². The van der Waals surface area contributed by atoms with Gasteiger partial charge in [0.1, 0.15) is 17.7 Å². The van der Waals surface area contributed by atoms with E-state index in [9.17, 15) is 19.4 Å². The number of ether oxygens (including phenoxy) is 2. The Balaban J connectivity index is 1.61. The average Bonchev–Trinajstić information content (AvgIpc) is 3.26. The number of rotatable bonds is 6. The van der Waals surface area contributed by atoms with E-state index in [1.54, 1.807) is 18.2 Å². The van der Waals surface area contributed by atoms with E-state index in [1.807, 2.05) is 19.1 Å². The Morgan fingerprint density at radius 2 is 1.94 bits per heavy atom. The van der Waals surface area contributed by atoms with Crippen LogP contribution in [0, 0.1) is 11.7 Å². The largest absolute Gasteiger partial charge is 0.462 e. The zero-order valence-corrected chi connectivity index (χ0v) is 19.1. The summed E-state index contributed by atoms with van der Waals surface area (Å²) in [6.45, 7) is 3.84. The maximum Gasteiger partial charge on any atom is 0.229 e. The summed E-state index contributed by atoms with van der Waals surface area (Å²) < 4.78 is 26.3. The fraction of sp³-hybridized carbons (Fsp3) is 0.500. The van der Waals surface area contributed by atoms with Gasteiger partial charge in [0.15, 0.2) is 0 Å². The van der Waals surface area contributed by atoms with Gasteiger partial charge in [-0.05, 0) is 60.2 Å². The third-order valence-electron chi connectivity index (χ3n) is 7.01. The first-order chi connectivity index (χ1) is 15.8. The van der Waals surface area contributed by atoms with Gasteiger partial charge in [0.25, 0.3) is 0 Å². The summed E-state index contributed by atoms with van der Waals surface area (Å²) in [7, 11) is 0. The Labute approximate surface area is 193 Å². The van der Waals surface area contributed by atoms with Crippen molar-refractivity contribution >= 4 is 5.91 Å². The number of amides is 1. The molecule has 4 atom stereocenters. The molecular weight excluding hydrogens is 425 g/mol. The highest BCUT2D eigenvalue weighted by atomic mass is 19.1. The summed E-state index contributed by atoms with van der Waals surface area (Å²) in [4.78, 5) is 11.3. The molecule has 2 aromatic carbocycles. The van der Waals surface area contributed by atoms with Crippen molar-refractivity contribution in [1.29, 1.82) is 0 Å². The molecule has 2 fully saturated rings. The Bertz CT molecular complexity index is 990. The van der Waals surface area contributed by atoms with Crippen LogP contribution in [0.5, 0.6) is 5.75 Å². The first-order valence-electron chi connectivity index (χ1n) is 11.6. The van der Waals surface area contributed by atoms with Crippen LogP contribution in [-0.2, 0) is 16.0 Å². The second-order valence-electron chi connectivity index (χ2n) is 9.21. The lowest BCUT2D eigenvalue weighted by Gasteiger charge is -2.48. The summed E-state index contributed by atoms with van der Waals surface area (Å²) in [5.74, 6) is -0.192. The smallest absolute Gasteiger partial charge is 0.229 e. The normalized spacial score (nSPS) is 26.3. The fourth-order valence-electron chi connectivity index (χ4n) is 5.10. The Kier molecular flexibility index (Phi) is 7.02. The molecule has 7 heteroatoms. The van der Waals surface area contributed by atoms with Crippen molar-refractivity contribution in [2.45, 2.75) is 70.1 Å². The molecule has 0 bridgehead atoms. The van der Waals surface area contributed by atoms with Crippen LogP contribution in [0.25, 0.3) is 11.1 Å². The number of benzene rings is 2. The van der Waals surface area contributed by atoms with E-state index in [-0.39, 0.29) is 17.6 Å². The molecule has 2 aromatic rings. The average molecular weight is 458 g/mol. The van der Waals surface area contributed by atoms with Crippen LogP contribution >= 0.6 is 0 Å². The van der Waals surface area contributed by atoms with E-state index >= 15 is 0 Å². The molecule has 0 aromatic heterocycles. The molecule has 1 aliphatic carbocycles. The Morgan fingerprint density at radius 3 is 2.64 bits per heavy atom. The molecule has 33 heavy (non-hydrogen) atoms. The van der Waals surface area contributed by atoms with Gasteiger partial charge in [-0.1, -0.05) is 38.0 Å². The van der Waals surface area contributed by atoms with E-state index in [4.69, 9.17) is 9.47 Å². The molecular formula is C26H32FNO5. The van der Waals surface area contributed by atoms with Crippen molar-refractivity contribution in [3.63, 3.8) is 0 Å². The Hall–Kier alpha value is -2.48. The molecule has 1 amide bonds. The molecule has 1 heterocycles. The van der Waals surface area contributed by atoms with E-state index in [0.29, 0.717) is 24.3 Å². The van der Waals surface area contributed by atoms with Gasteiger partial charge in [-0.3, -0.25) is 4.79 Å². The van der Waals surface area contributed by atoms with Crippen molar-refractivity contribution < 1.29 is 28.9 Å². The van der Waals surface area contributed by atoms with Gasteiger partial charge in [-0.2, -0.15) is 0 Å². The summed E-state index contributed by atoms with van der Waals surface area (Å²) in [6.07, 6.45) is 1.14. The van der Waals surface area contributed by atoms with Gasteiger partial charge in [0.05, 0.1) is 11.7 Å². The molecule has 2 aliphatic rings. The van der Waals surface area contributed by atoms with Gasteiger partial charge >= 0.3 is 0 Å². The topological polar surface area (TPSA) is 88.0 Å².